The lowest BCUT2D eigenvalue weighted by Crippen LogP contribution is -1.95. The van der Waals surface area contributed by atoms with E-state index in [1.165, 1.54) is 0 Å². The second-order valence-corrected chi connectivity index (χ2v) is 4.55. The van der Waals surface area contributed by atoms with Gasteiger partial charge in [0.1, 0.15) is 0 Å². The molecule has 0 atom stereocenters. The summed E-state index contributed by atoms with van der Waals surface area (Å²) >= 11 is 0. The number of benzene rings is 2. The molecule has 1 aliphatic heterocycles. The molecule has 0 spiro atoms. The second kappa shape index (κ2) is 3.65. The fourth-order valence-electron chi connectivity index (χ4n) is 2.50. The highest BCUT2D eigenvalue weighted by Crippen LogP contribution is 2.27. The first-order chi connectivity index (χ1) is 9.34. The van der Waals surface area contributed by atoms with Crippen LogP contribution in [0.1, 0.15) is 0 Å². The van der Waals surface area contributed by atoms with Crippen molar-refractivity contribution in [3.8, 4) is 11.3 Å². The Hall–Kier alpha value is -2.68. The van der Waals surface area contributed by atoms with E-state index < -0.39 is 0 Å². The van der Waals surface area contributed by atoms with Crippen molar-refractivity contribution in [2.75, 3.05) is 0 Å². The van der Waals surface area contributed by atoms with E-state index in [4.69, 9.17) is 0 Å². The molecule has 0 aromatic heterocycles. The highest BCUT2D eigenvalue weighted by atomic mass is 16.1. The molecule has 3 nitrogen and oxygen atoms in total. The van der Waals surface area contributed by atoms with Crippen LogP contribution in [-0.2, 0) is 0 Å². The first kappa shape index (κ1) is 10.3. The number of aromatic amines is 1. The number of para-hydroxylation sites is 2. The molecular formula is C16H10N2O. The van der Waals surface area contributed by atoms with Crippen LogP contribution in [0.5, 0.6) is 0 Å². The van der Waals surface area contributed by atoms with Crippen LogP contribution in [0.25, 0.3) is 33.1 Å². The minimum Gasteiger partial charge on any atom is -0.359 e. The summed E-state index contributed by atoms with van der Waals surface area (Å²) in [5.41, 5.74) is 3.21. The quantitative estimate of drug-likeness (QED) is 0.518. The number of aromatic nitrogens is 2. The van der Waals surface area contributed by atoms with E-state index in [-0.39, 0.29) is 5.43 Å². The molecule has 0 bridgehead atoms. The lowest BCUT2D eigenvalue weighted by molar-refractivity contribution is 1.44. The maximum Gasteiger partial charge on any atom is 0.197 e. The van der Waals surface area contributed by atoms with Gasteiger partial charge in [0.2, 0.25) is 0 Å². The van der Waals surface area contributed by atoms with Crippen LogP contribution in [0, 0.1) is 0 Å². The normalized spacial score (nSPS) is 11.4. The largest absolute Gasteiger partial charge is 0.359 e. The summed E-state index contributed by atoms with van der Waals surface area (Å²) in [6.07, 6.45) is 1.76. The van der Waals surface area contributed by atoms with Gasteiger partial charge in [-0.2, -0.15) is 0 Å². The van der Waals surface area contributed by atoms with E-state index in [2.05, 4.69) is 9.97 Å². The molecule has 3 heteroatoms. The standard InChI is InChI=1S/C16H10N2O/c19-16-11-6-2-1-5-10(11)15-12(16)9-17-13-7-3-4-8-14(13)18-15/h1-9,17H. The van der Waals surface area contributed by atoms with Gasteiger partial charge in [-0.05, 0) is 12.1 Å². The Kier molecular flexibility index (Phi) is 1.97. The van der Waals surface area contributed by atoms with Gasteiger partial charge in [0.25, 0.3) is 0 Å². The minimum atomic E-state index is 0.0367. The number of hydrogen-bond acceptors (Lipinski definition) is 2. The van der Waals surface area contributed by atoms with Gasteiger partial charge >= 0.3 is 0 Å². The van der Waals surface area contributed by atoms with Crippen molar-refractivity contribution in [1.82, 2.24) is 9.97 Å². The van der Waals surface area contributed by atoms with Gasteiger partial charge in [-0.1, -0.05) is 36.4 Å². The van der Waals surface area contributed by atoms with Crippen molar-refractivity contribution >= 4 is 21.8 Å². The fraction of sp³-hybridized carbons (Fsp3) is 0. The van der Waals surface area contributed by atoms with Crippen LogP contribution in [0.3, 0.4) is 0 Å². The topological polar surface area (TPSA) is 45.8 Å². The zero-order chi connectivity index (χ0) is 12.8. The van der Waals surface area contributed by atoms with Gasteiger partial charge in [-0.15, -0.1) is 0 Å². The van der Waals surface area contributed by atoms with E-state index in [1.54, 1.807) is 6.20 Å². The Morgan fingerprint density at radius 3 is 2.53 bits per heavy atom. The van der Waals surface area contributed by atoms with Crippen molar-refractivity contribution in [3.05, 3.63) is 65.0 Å². The van der Waals surface area contributed by atoms with Gasteiger partial charge in [-0.25, -0.2) is 4.98 Å². The molecule has 4 rings (SSSR count). The molecular weight excluding hydrogens is 236 g/mol. The Morgan fingerprint density at radius 1 is 0.895 bits per heavy atom. The van der Waals surface area contributed by atoms with E-state index in [1.807, 2.05) is 48.5 Å². The molecule has 1 N–H and O–H groups in total. The molecule has 19 heavy (non-hydrogen) atoms. The number of fused-ring (bicyclic) bond motifs is 4. The molecule has 1 aliphatic carbocycles. The number of nitrogens with one attached hydrogen (secondary N) is 1. The molecule has 2 aromatic rings. The summed E-state index contributed by atoms with van der Waals surface area (Å²) in [6, 6.07) is 15.4. The summed E-state index contributed by atoms with van der Waals surface area (Å²) in [7, 11) is 0. The fourth-order valence-corrected chi connectivity index (χ4v) is 2.50. The first-order valence-electron chi connectivity index (χ1n) is 6.13. The summed E-state index contributed by atoms with van der Waals surface area (Å²) in [6.45, 7) is 0. The maximum atomic E-state index is 12.3. The minimum absolute atomic E-state index is 0.0367. The Morgan fingerprint density at radius 2 is 1.63 bits per heavy atom. The Balaban J connectivity index is 2.30. The summed E-state index contributed by atoms with van der Waals surface area (Å²) < 4.78 is 0. The zero-order valence-electron chi connectivity index (χ0n) is 10.1. The lowest BCUT2D eigenvalue weighted by Gasteiger charge is -1.92. The van der Waals surface area contributed by atoms with Crippen molar-refractivity contribution in [2.24, 2.45) is 0 Å². The lowest BCUT2D eigenvalue weighted by atomic mass is 10.2. The van der Waals surface area contributed by atoms with E-state index in [0.717, 1.165) is 27.5 Å². The highest BCUT2D eigenvalue weighted by molar-refractivity contribution is 6.00. The molecule has 0 fully saturated rings. The van der Waals surface area contributed by atoms with Crippen LogP contribution in [0.15, 0.2) is 59.5 Å². The van der Waals surface area contributed by atoms with Crippen molar-refractivity contribution in [3.63, 3.8) is 0 Å². The molecule has 0 radical (unpaired) electrons. The van der Waals surface area contributed by atoms with Gasteiger partial charge in [0, 0.05) is 17.0 Å². The third kappa shape index (κ3) is 1.38. The van der Waals surface area contributed by atoms with Gasteiger partial charge in [0.15, 0.2) is 5.43 Å². The van der Waals surface area contributed by atoms with Crippen LogP contribution in [-0.4, -0.2) is 9.97 Å². The predicted molar refractivity (Wildman–Crippen MR) is 76.5 cm³/mol. The summed E-state index contributed by atoms with van der Waals surface area (Å²) in [4.78, 5) is 20.2. The Bertz CT molecular complexity index is 940. The van der Waals surface area contributed by atoms with Crippen LogP contribution in [0.4, 0.5) is 0 Å². The SMILES string of the molecule is O=c1c2c[nH]c3ccccc3nc-2c2ccccc12. The monoisotopic (exact) mass is 246 g/mol. The third-order valence-corrected chi connectivity index (χ3v) is 3.43. The number of nitrogens with zero attached hydrogens (tertiary/aromatic N) is 1. The van der Waals surface area contributed by atoms with Gasteiger partial charge in [-0.3, -0.25) is 4.79 Å². The van der Waals surface area contributed by atoms with Crippen LogP contribution >= 0.6 is 0 Å². The molecule has 0 amide bonds. The van der Waals surface area contributed by atoms with Crippen LogP contribution < -0.4 is 5.43 Å². The van der Waals surface area contributed by atoms with E-state index in [9.17, 15) is 4.79 Å². The van der Waals surface area contributed by atoms with E-state index in [0.29, 0.717) is 5.56 Å². The van der Waals surface area contributed by atoms with Crippen molar-refractivity contribution in [1.29, 1.82) is 0 Å². The zero-order valence-corrected chi connectivity index (χ0v) is 10.1. The Labute approximate surface area is 108 Å². The number of rotatable bonds is 0. The molecule has 90 valence electrons. The van der Waals surface area contributed by atoms with Gasteiger partial charge < -0.3 is 4.98 Å². The predicted octanol–water partition coefficient (Wildman–Crippen LogP) is 3.18. The molecule has 1 heterocycles. The molecule has 2 aromatic carbocycles. The molecule has 0 unspecified atom stereocenters. The van der Waals surface area contributed by atoms with E-state index >= 15 is 0 Å². The number of hydrogen-bond donors (Lipinski definition) is 1. The van der Waals surface area contributed by atoms with Crippen LogP contribution in [0.2, 0.25) is 0 Å². The second-order valence-electron chi connectivity index (χ2n) is 4.55. The third-order valence-electron chi connectivity index (χ3n) is 3.43. The average molecular weight is 246 g/mol. The highest BCUT2D eigenvalue weighted by Gasteiger charge is 2.16. The maximum absolute atomic E-state index is 12.3. The molecule has 2 aliphatic rings. The summed E-state index contributed by atoms with van der Waals surface area (Å²) in [5, 5.41) is 1.64. The number of H-pyrrole nitrogens is 1. The summed E-state index contributed by atoms with van der Waals surface area (Å²) in [5.74, 6) is 0. The molecule has 0 saturated carbocycles. The van der Waals surface area contributed by atoms with Gasteiger partial charge in [0.05, 0.1) is 22.3 Å². The smallest absolute Gasteiger partial charge is 0.197 e. The molecule has 0 saturated heterocycles. The van der Waals surface area contributed by atoms with Crippen molar-refractivity contribution < 1.29 is 0 Å². The average Bonchev–Trinajstić information content (AvgIpc) is 2.63. The van der Waals surface area contributed by atoms with Crippen molar-refractivity contribution in [2.45, 2.75) is 0 Å². The first-order valence-corrected chi connectivity index (χ1v) is 6.13.